The lowest BCUT2D eigenvalue weighted by atomic mass is 10.1. The van der Waals surface area contributed by atoms with Crippen molar-refractivity contribution < 1.29 is 9.53 Å². The van der Waals surface area contributed by atoms with Gasteiger partial charge in [-0.25, -0.2) is 0 Å². The Kier molecular flexibility index (Phi) is 4.10. The van der Waals surface area contributed by atoms with Crippen LogP contribution >= 0.6 is 7.53 Å². The van der Waals surface area contributed by atoms with Crippen molar-refractivity contribution in [3.05, 3.63) is 48.5 Å². The second-order valence-corrected chi connectivity index (χ2v) is 7.54. The van der Waals surface area contributed by atoms with Crippen molar-refractivity contribution in [2.24, 2.45) is 5.92 Å². The minimum Gasteiger partial charge on any atom is -0.369 e. The van der Waals surface area contributed by atoms with Gasteiger partial charge in [-0.15, -0.1) is 0 Å². The molecule has 0 saturated heterocycles. The number of benzene rings is 2. The predicted octanol–water partition coefficient (Wildman–Crippen LogP) is 5.18. The highest BCUT2D eigenvalue weighted by Crippen LogP contribution is 2.49. The first-order chi connectivity index (χ1) is 10.2. The summed E-state index contributed by atoms with van der Waals surface area (Å²) in [6, 6.07) is 17.2. The molecule has 3 heteroatoms. The topological polar surface area (TPSA) is 26.3 Å². The van der Waals surface area contributed by atoms with Gasteiger partial charge in [-0.1, -0.05) is 63.0 Å². The summed E-state index contributed by atoms with van der Waals surface area (Å²) in [6.45, 7) is 3.88. The number of fused-ring (bicyclic) bond motifs is 3. The summed E-state index contributed by atoms with van der Waals surface area (Å²) < 4.78 is 5.99. The van der Waals surface area contributed by atoms with Crippen LogP contribution in [0.1, 0.15) is 13.8 Å². The molecule has 2 aromatic carbocycles. The Hall–Kier alpha value is -1.63. The van der Waals surface area contributed by atoms with Gasteiger partial charge < -0.3 is 9.53 Å². The zero-order valence-electron chi connectivity index (χ0n) is 12.3. The quantitative estimate of drug-likeness (QED) is 0.607. The summed E-state index contributed by atoms with van der Waals surface area (Å²) in [6.07, 6.45) is 1.61. The van der Waals surface area contributed by atoms with Gasteiger partial charge in [0, 0.05) is 16.2 Å². The second kappa shape index (κ2) is 6.01. The highest BCUT2D eigenvalue weighted by molar-refractivity contribution is 7.60. The minimum atomic E-state index is -0.477. The smallest absolute Gasteiger partial charge is 0.125 e. The summed E-state index contributed by atoms with van der Waals surface area (Å²) in [4.78, 5) is 10.9. The van der Waals surface area contributed by atoms with E-state index in [2.05, 4.69) is 48.5 Å². The van der Waals surface area contributed by atoms with Gasteiger partial charge in [-0.2, -0.15) is 0 Å². The molecule has 0 fully saturated rings. The summed E-state index contributed by atoms with van der Waals surface area (Å²) in [5.41, 5.74) is 0. The van der Waals surface area contributed by atoms with Crippen LogP contribution in [0.25, 0.3) is 21.0 Å². The molecule has 21 heavy (non-hydrogen) atoms. The molecule has 0 aliphatic rings. The van der Waals surface area contributed by atoms with Gasteiger partial charge in [-0.3, -0.25) is 0 Å². The fourth-order valence-corrected chi connectivity index (χ4v) is 5.02. The van der Waals surface area contributed by atoms with E-state index in [1.54, 1.807) is 0 Å². The number of carbonyl (C=O) groups excluding carboxylic acids is 1. The van der Waals surface area contributed by atoms with E-state index < -0.39 is 7.53 Å². The summed E-state index contributed by atoms with van der Waals surface area (Å²) in [5.74, 6) is -0.0620. The predicted molar refractivity (Wildman–Crippen MR) is 89.9 cm³/mol. The van der Waals surface area contributed by atoms with Crippen molar-refractivity contribution >= 4 is 34.8 Å². The summed E-state index contributed by atoms with van der Waals surface area (Å²) in [5, 5.41) is 5.44. The van der Waals surface area contributed by atoms with Crippen molar-refractivity contribution in [3.8, 4) is 0 Å². The van der Waals surface area contributed by atoms with E-state index in [1.807, 2.05) is 13.8 Å². The molecular formula is C18H19O2P. The Morgan fingerprint density at radius 3 is 2.05 bits per heavy atom. The van der Waals surface area contributed by atoms with Gasteiger partial charge in [0.05, 0.1) is 12.5 Å². The van der Waals surface area contributed by atoms with Crippen molar-refractivity contribution in [3.63, 3.8) is 0 Å². The fourth-order valence-electron chi connectivity index (χ4n) is 2.60. The Morgan fingerprint density at radius 1 is 1.00 bits per heavy atom. The van der Waals surface area contributed by atoms with Gasteiger partial charge in [-0.05, 0) is 17.7 Å². The third-order valence-corrected chi connectivity index (χ3v) is 6.45. The highest BCUT2D eigenvalue weighted by Gasteiger charge is 2.15. The molecule has 3 rings (SSSR count). The Bertz CT molecular complexity index is 722. The molecule has 0 saturated carbocycles. The maximum atomic E-state index is 10.9. The van der Waals surface area contributed by atoms with Gasteiger partial charge in [0.15, 0.2) is 0 Å². The van der Waals surface area contributed by atoms with Crippen LogP contribution in [0.2, 0.25) is 0 Å². The maximum Gasteiger partial charge on any atom is 0.125 e. The van der Waals surface area contributed by atoms with Crippen LogP contribution in [0.5, 0.6) is 0 Å². The molecule has 2 nitrogen and oxygen atoms in total. The van der Waals surface area contributed by atoms with Gasteiger partial charge in [0.1, 0.15) is 6.29 Å². The average molecular weight is 298 g/mol. The molecule has 2 atom stereocenters. The second-order valence-electron chi connectivity index (χ2n) is 5.46. The number of ether oxygens (including phenoxy) is 1. The van der Waals surface area contributed by atoms with Crippen LogP contribution in [0.3, 0.4) is 0 Å². The molecule has 0 aliphatic carbocycles. The normalized spacial score (nSPS) is 14.4. The first-order valence-electron chi connectivity index (χ1n) is 7.25. The molecule has 1 aromatic heterocycles. The lowest BCUT2D eigenvalue weighted by Gasteiger charge is -2.16. The van der Waals surface area contributed by atoms with E-state index in [-0.39, 0.29) is 12.0 Å². The molecule has 3 aromatic rings. The van der Waals surface area contributed by atoms with Crippen LogP contribution in [-0.4, -0.2) is 12.4 Å². The van der Waals surface area contributed by atoms with E-state index in [0.29, 0.717) is 6.35 Å². The molecule has 0 bridgehead atoms. The molecule has 0 spiro atoms. The number of carbonyl (C=O) groups is 1. The molecule has 0 N–H and O–H groups in total. The molecule has 0 radical (unpaired) electrons. The van der Waals surface area contributed by atoms with Crippen molar-refractivity contribution in [2.75, 3.05) is 0 Å². The third-order valence-electron chi connectivity index (χ3n) is 4.10. The lowest BCUT2D eigenvalue weighted by molar-refractivity contribution is -0.114. The van der Waals surface area contributed by atoms with Gasteiger partial charge >= 0.3 is 0 Å². The van der Waals surface area contributed by atoms with Crippen LogP contribution in [0.15, 0.2) is 48.5 Å². The largest absolute Gasteiger partial charge is 0.369 e. The minimum absolute atomic E-state index is 0.0371. The Morgan fingerprint density at radius 2 is 1.52 bits per heavy atom. The Labute approximate surface area is 125 Å². The summed E-state index contributed by atoms with van der Waals surface area (Å²) in [7, 11) is -0.477. The van der Waals surface area contributed by atoms with Gasteiger partial charge in [0.2, 0.25) is 0 Å². The van der Waals surface area contributed by atoms with Crippen LogP contribution in [-0.2, 0) is 15.9 Å². The highest BCUT2D eigenvalue weighted by atomic mass is 31.1. The molecule has 108 valence electrons. The summed E-state index contributed by atoms with van der Waals surface area (Å²) >= 11 is 0. The van der Waals surface area contributed by atoms with E-state index in [4.69, 9.17) is 4.74 Å². The fraction of sp³-hybridized carbons (Fsp3) is 0.278. The van der Waals surface area contributed by atoms with E-state index >= 15 is 0 Å². The average Bonchev–Trinajstić information content (AvgIpc) is 2.86. The third kappa shape index (κ3) is 2.62. The van der Waals surface area contributed by atoms with Crippen LogP contribution < -0.4 is 0 Å². The molecule has 0 amide bonds. The first kappa shape index (κ1) is 14.3. The lowest BCUT2D eigenvalue weighted by Crippen LogP contribution is -2.17. The Balaban J connectivity index is 2.02. The zero-order chi connectivity index (χ0) is 14.8. The van der Waals surface area contributed by atoms with Crippen molar-refractivity contribution in [2.45, 2.75) is 26.3 Å². The number of rotatable bonds is 5. The van der Waals surface area contributed by atoms with E-state index in [0.717, 1.165) is 6.29 Å². The van der Waals surface area contributed by atoms with Crippen LogP contribution in [0.4, 0.5) is 0 Å². The first-order valence-corrected chi connectivity index (χ1v) is 8.78. The molecule has 0 unspecified atom stereocenters. The molecule has 0 aliphatic heterocycles. The van der Waals surface area contributed by atoms with E-state index in [9.17, 15) is 4.79 Å². The van der Waals surface area contributed by atoms with Gasteiger partial charge in [0.25, 0.3) is 0 Å². The standard InChI is InChI=1S/C18H19O2P/c1-13(11-19)14(2)20-12-21-17-9-5-3-7-15(17)16-8-4-6-10-18(16)21/h3-11,13-14H,12H2,1-2H3/t13-,14-/m1/s1. The number of hydrogen-bond donors (Lipinski definition) is 0. The monoisotopic (exact) mass is 298 g/mol. The SMILES string of the molecule is C[C@H](C=O)[C@@H](C)OCp1c2ccccc2c2ccccc21. The van der Waals surface area contributed by atoms with Crippen molar-refractivity contribution in [1.82, 2.24) is 0 Å². The maximum absolute atomic E-state index is 10.9. The molecular weight excluding hydrogens is 279 g/mol. The number of aldehydes is 1. The zero-order valence-corrected chi connectivity index (χ0v) is 13.2. The molecule has 1 heterocycles. The van der Waals surface area contributed by atoms with E-state index in [1.165, 1.54) is 21.0 Å². The van der Waals surface area contributed by atoms with Crippen molar-refractivity contribution in [1.29, 1.82) is 0 Å². The van der Waals surface area contributed by atoms with Crippen LogP contribution in [0, 0.1) is 5.92 Å². The number of hydrogen-bond acceptors (Lipinski definition) is 2.